The van der Waals surface area contributed by atoms with Gasteiger partial charge in [0, 0.05) is 32.1 Å². The van der Waals surface area contributed by atoms with Crippen molar-refractivity contribution in [3.05, 3.63) is 35.9 Å². The van der Waals surface area contributed by atoms with E-state index < -0.39 is 6.61 Å². The molecule has 0 aromatic heterocycles. The Bertz CT molecular complexity index is 588. The lowest BCUT2D eigenvalue weighted by Crippen LogP contribution is -2.29. The molecule has 1 fully saturated rings. The van der Waals surface area contributed by atoms with Gasteiger partial charge in [-0.3, -0.25) is 9.59 Å². The maximum atomic E-state index is 12.0. The summed E-state index contributed by atoms with van der Waals surface area (Å²) < 4.78 is 28.3. The monoisotopic (exact) mass is 338 g/mol. The van der Waals surface area contributed by atoms with Gasteiger partial charge in [0.05, 0.1) is 0 Å². The Morgan fingerprint density at radius 2 is 2.08 bits per heavy atom. The van der Waals surface area contributed by atoms with Gasteiger partial charge in [-0.1, -0.05) is 12.1 Å². The molecule has 7 heteroatoms. The Labute approximate surface area is 139 Å². The van der Waals surface area contributed by atoms with Crippen molar-refractivity contribution in [1.82, 2.24) is 10.2 Å². The number of hydrogen-bond donors (Lipinski definition) is 1. The molecule has 5 nitrogen and oxygen atoms in total. The lowest BCUT2D eigenvalue weighted by molar-refractivity contribution is -0.127. The Kier molecular flexibility index (Phi) is 6.72. The summed E-state index contributed by atoms with van der Waals surface area (Å²) in [5.41, 5.74) is 0.703. The van der Waals surface area contributed by atoms with E-state index in [1.807, 2.05) is 4.90 Å². The summed E-state index contributed by atoms with van der Waals surface area (Å²) >= 11 is 0. The minimum atomic E-state index is -2.85. The quantitative estimate of drug-likeness (QED) is 0.585. The minimum Gasteiger partial charge on any atom is -0.435 e. The van der Waals surface area contributed by atoms with E-state index in [1.54, 1.807) is 18.2 Å². The molecule has 0 bridgehead atoms. The summed E-state index contributed by atoms with van der Waals surface area (Å²) in [5.74, 6) is 0.0132. The van der Waals surface area contributed by atoms with Gasteiger partial charge in [-0.25, -0.2) is 0 Å². The predicted molar refractivity (Wildman–Crippen MR) is 85.5 cm³/mol. The molecule has 0 spiro atoms. The molecule has 0 unspecified atom stereocenters. The van der Waals surface area contributed by atoms with E-state index in [1.165, 1.54) is 18.2 Å². The lowest BCUT2D eigenvalue weighted by atomic mass is 10.2. The van der Waals surface area contributed by atoms with Gasteiger partial charge in [0.15, 0.2) is 0 Å². The first-order valence-electron chi connectivity index (χ1n) is 7.83. The van der Waals surface area contributed by atoms with E-state index in [4.69, 9.17) is 0 Å². The average Bonchev–Trinajstić information content (AvgIpc) is 2.95. The fraction of sp³-hybridized carbons (Fsp3) is 0.412. The first-order valence-corrected chi connectivity index (χ1v) is 7.83. The number of nitrogens with zero attached hydrogens (tertiary/aromatic N) is 1. The smallest absolute Gasteiger partial charge is 0.387 e. The second kappa shape index (κ2) is 9.00. The molecule has 0 radical (unpaired) electrons. The van der Waals surface area contributed by atoms with Crippen molar-refractivity contribution in [1.29, 1.82) is 0 Å². The lowest BCUT2D eigenvalue weighted by Gasteiger charge is -2.14. The Hall–Kier alpha value is -2.44. The number of rotatable bonds is 8. The first-order chi connectivity index (χ1) is 11.5. The van der Waals surface area contributed by atoms with Gasteiger partial charge in [0.25, 0.3) is 0 Å². The van der Waals surface area contributed by atoms with Crippen molar-refractivity contribution in [2.75, 3.05) is 19.6 Å². The molecule has 1 saturated heterocycles. The van der Waals surface area contributed by atoms with Crippen LogP contribution in [0.1, 0.15) is 24.8 Å². The van der Waals surface area contributed by atoms with Crippen LogP contribution in [0.3, 0.4) is 0 Å². The maximum absolute atomic E-state index is 12.0. The molecular weight excluding hydrogens is 318 g/mol. The summed E-state index contributed by atoms with van der Waals surface area (Å²) in [5, 5.41) is 2.74. The zero-order valence-electron chi connectivity index (χ0n) is 13.2. The van der Waals surface area contributed by atoms with Gasteiger partial charge < -0.3 is 15.0 Å². The molecule has 1 heterocycles. The fourth-order valence-electron chi connectivity index (χ4n) is 2.41. The van der Waals surface area contributed by atoms with Gasteiger partial charge in [-0.05, 0) is 36.6 Å². The molecule has 1 aliphatic rings. The summed E-state index contributed by atoms with van der Waals surface area (Å²) in [6.45, 7) is -0.895. The van der Waals surface area contributed by atoms with E-state index in [9.17, 15) is 18.4 Å². The highest BCUT2D eigenvalue weighted by Gasteiger charge is 2.18. The molecule has 0 aliphatic carbocycles. The Morgan fingerprint density at radius 3 is 2.71 bits per heavy atom. The largest absolute Gasteiger partial charge is 0.435 e. The Morgan fingerprint density at radius 1 is 1.33 bits per heavy atom. The maximum Gasteiger partial charge on any atom is 0.387 e. The third-order valence-electron chi connectivity index (χ3n) is 3.61. The molecule has 1 N–H and O–H groups in total. The SMILES string of the molecule is O=C(/C=C/c1ccc(OC(F)F)cc1)NCCCN1CCCC1=O. The number of hydrogen-bond acceptors (Lipinski definition) is 3. The number of alkyl halides is 2. The molecule has 1 aromatic carbocycles. The number of ether oxygens (including phenoxy) is 1. The van der Waals surface area contributed by atoms with Crippen molar-refractivity contribution < 1.29 is 23.1 Å². The van der Waals surface area contributed by atoms with Crippen LogP contribution in [-0.2, 0) is 9.59 Å². The normalized spacial score (nSPS) is 14.6. The van der Waals surface area contributed by atoms with Crippen LogP contribution >= 0.6 is 0 Å². The molecule has 2 rings (SSSR count). The molecule has 24 heavy (non-hydrogen) atoms. The van der Waals surface area contributed by atoms with Crippen LogP contribution in [-0.4, -0.2) is 43.0 Å². The standard InChI is InChI=1S/C17H20F2N2O3/c18-17(19)24-14-7-4-13(5-8-14)6-9-15(22)20-10-2-12-21-11-1-3-16(21)23/h4-9,17H,1-3,10-12H2,(H,20,22)/b9-6+. The molecule has 0 saturated carbocycles. The van der Waals surface area contributed by atoms with Crippen molar-refractivity contribution in [3.8, 4) is 5.75 Å². The molecule has 1 aliphatic heterocycles. The number of amides is 2. The van der Waals surface area contributed by atoms with Crippen LogP contribution in [0.25, 0.3) is 6.08 Å². The van der Waals surface area contributed by atoms with E-state index in [0.717, 1.165) is 13.0 Å². The molecule has 1 aromatic rings. The van der Waals surface area contributed by atoms with Crippen molar-refractivity contribution in [2.45, 2.75) is 25.9 Å². The van der Waals surface area contributed by atoms with Crippen LogP contribution in [0.2, 0.25) is 0 Å². The number of likely N-dealkylation sites (tertiary alicyclic amines) is 1. The predicted octanol–water partition coefficient (Wildman–Crippen LogP) is 2.43. The van der Waals surface area contributed by atoms with Crippen LogP contribution in [0.15, 0.2) is 30.3 Å². The van der Waals surface area contributed by atoms with Crippen LogP contribution in [0.4, 0.5) is 8.78 Å². The minimum absolute atomic E-state index is 0.0723. The zero-order chi connectivity index (χ0) is 17.4. The van der Waals surface area contributed by atoms with Crippen LogP contribution < -0.4 is 10.1 Å². The van der Waals surface area contributed by atoms with E-state index >= 15 is 0 Å². The topological polar surface area (TPSA) is 58.6 Å². The van der Waals surface area contributed by atoms with Crippen molar-refractivity contribution in [2.24, 2.45) is 0 Å². The second-order valence-electron chi connectivity index (χ2n) is 5.41. The highest BCUT2D eigenvalue weighted by atomic mass is 19.3. The number of nitrogens with one attached hydrogen (secondary N) is 1. The van der Waals surface area contributed by atoms with Crippen molar-refractivity contribution in [3.63, 3.8) is 0 Å². The molecule has 130 valence electrons. The number of halogens is 2. The summed E-state index contributed by atoms with van der Waals surface area (Å²) in [4.78, 5) is 24.9. The van der Waals surface area contributed by atoms with E-state index in [2.05, 4.69) is 10.1 Å². The van der Waals surface area contributed by atoms with Gasteiger partial charge in [0.2, 0.25) is 11.8 Å². The van der Waals surface area contributed by atoms with Gasteiger partial charge in [-0.15, -0.1) is 0 Å². The zero-order valence-corrected chi connectivity index (χ0v) is 13.2. The number of benzene rings is 1. The van der Waals surface area contributed by atoms with Gasteiger partial charge in [0.1, 0.15) is 5.75 Å². The summed E-state index contributed by atoms with van der Waals surface area (Å²) in [7, 11) is 0. The van der Waals surface area contributed by atoms with E-state index in [0.29, 0.717) is 31.5 Å². The number of carbonyl (C=O) groups excluding carboxylic acids is 2. The second-order valence-corrected chi connectivity index (χ2v) is 5.41. The Balaban J connectivity index is 1.67. The fourth-order valence-corrected chi connectivity index (χ4v) is 2.41. The number of carbonyl (C=O) groups is 2. The first kappa shape index (κ1) is 17.9. The third kappa shape index (κ3) is 5.98. The highest BCUT2D eigenvalue weighted by molar-refractivity contribution is 5.91. The third-order valence-corrected chi connectivity index (χ3v) is 3.61. The average molecular weight is 338 g/mol. The van der Waals surface area contributed by atoms with E-state index in [-0.39, 0.29) is 17.6 Å². The van der Waals surface area contributed by atoms with Gasteiger partial charge >= 0.3 is 6.61 Å². The van der Waals surface area contributed by atoms with Crippen molar-refractivity contribution >= 4 is 17.9 Å². The molecular formula is C17H20F2N2O3. The van der Waals surface area contributed by atoms with Crippen LogP contribution in [0.5, 0.6) is 5.75 Å². The van der Waals surface area contributed by atoms with Gasteiger partial charge in [-0.2, -0.15) is 8.78 Å². The molecule has 0 atom stereocenters. The highest BCUT2D eigenvalue weighted by Crippen LogP contribution is 2.15. The summed E-state index contributed by atoms with van der Waals surface area (Å²) in [6.07, 6.45) is 5.21. The van der Waals surface area contributed by atoms with Crippen LogP contribution in [0, 0.1) is 0 Å². The summed E-state index contributed by atoms with van der Waals surface area (Å²) in [6, 6.07) is 5.99. The molecule has 2 amide bonds.